The summed E-state index contributed by atoms with van der Waals surface area (Å²) < 4.78 is 9.31. The van der Waals surface area contributed by atoms with Crippen LogP contribution in [0.15, 0.2) is 0 Å². The van der Waals surface area contributed by atoms with E-state index in [9.17, 15) is 9.59 Å². The first-order chi connectivity index (χ1) is 6.99. The molecule has 0 aliphatic heterocycles. The van der Waals surface area contributed by atoms with Crippen molar-refractivity contribution in [2.75, 3.05) is 26.9 Å². The Labute approximate surface area is 87.8 Å². The van der Waals surface area contributed by atoms with Gasteiger partial charge in [0.05, 0.1) is 20.3 Å². The van der Waals surface area contributed by atoms with Crippen molar-refractivity contribution in [2.24, 2.45) is 5.41 Å². The van der Waals surface area contributed by atoms with E-state index in [-0.39, 0.29) is 26.2 Å². The number of aliphatic hydroxyl groups is 1. The lowest BCUT2D eigenvalue weighted by atomic mass is 9.87. The molecule has 0 amide bonds. The summed E-state index contributed by atoms with van der Waals surface area (Å²) in [4.78, 5) is 22.1. The maximum Gasteiger partial charge on any atom is 0.323 e. The average Bonchev–Trinajstić information content (AvgIpc) is 2.22. The van der Waals surface area contributed by atoms with E-state index in [1.165, 1.54) is 6.92 Å². The van der Waals surface area contributed by atoms with Crippen molar-refractivity contribution in [3.8, 4) is 0 Å². The van der Waals surface area contributed by atoms with Crippen molar-refractivity contribution >= 4 is 11.9 Å². The second-order valence-electron chi connectivity index (χ2n) is 3.21. The van der Waals surface area contributed by atoms with Crippen LogP contribution in [0.4, 0.5) is 0 Å². The second kappa shape index (κ2) is 6.36. The molecule has 0 heterocycles. The molecule has 0 saturated carbocycles. The highest BCUT2D eigenvalue weighted by atomic mass is 16.5. The van der Waals surface area contributed by atoms with Crippen LogP contribution >= 0.6 is 0 Å². The van der Waals surface area contributed by atoms with Gasteiger partial charge in [-0.1, -0.05) is 0 Å². The zero-order valence-electron chi connectivity index (χ0n) is 8.86. The van der Waals surface area contributed by atoms with Crippen LogP contribution in [0, 0.1) is 5.41 Å². The number of hydrogen-bond acceptors (Lipinski definition) is 5. The predicted octanol–water partition coefficient (Wildman–Crippen LogP) is -0.351. The first-order valence-electron chi connectivity index (χ1n) is 4.49. The van der Waals surface area contributed by atoms with Crippen LogP contribution in [-0.4, -0.2) is 49.1 Å². The van der Waals surface area contributed by atoms with Crippen LogP contribution in [0.25, 0.3) is 0 Å². The van der Waals surface area contributed by atoms with Gasteiger partial charge in [-0.2, -0.15) is 0 Å². The van der Waals surface area contributed by atoms with Gasteiger partial charge in [-0.05, 0) is 13.3 Å². The van der Waals surface area contributed by atoms with E-state index in [0.717, 1.165) is 7.11 Å². The van der Waals surface area contributed by atoms with Crippen LogP contribution < -0.4 is 0 Å². The van der Waals surface area contributed by atoms with Gasteiger partial charge in [-0.3, -0.25) is 9.59 Å². The van der Waals surface area contributed by atoms with E-state index < -0.39 is 17.4 Å². The van der Waals surface area contributed by atoms with E-state index in [2.05, 4.69) is 4.74 Å². The van der Waals surface area contributed by atoms with Crippen molar-refractivity contribution in [3.05, 3.63) is 0 Å². The summed E-state index contributed by atoms with van der Waals surface area (Å²) in [5.74, 6) is -2.05. The number of carboxylic acid groups (broad SMARTS) is 1. The Morgan fingerprint density at radius 3 is 2.33 bits per heavy atom. The molecule has 0 aromatic rings. The molecule has 0 saturated heterocycles. The van der Waals surface area contributed by atoms with Crippen molar-refractivity contribution < 1.29 is 29.3 Å². The molecule has 6 nitrogen and oxygen atoms in total. The molecule has 0 radical (unpaired) electrons. The Morgan fingerprint density at radius 1 is 1.33 bits per heavy atom. The molecule has 0 aromatic heterocycles. The monoisotopic (exact) mass is 220 g/mol. The van der Waals surface area contributed by atoms with Gasteiger partial charge in [-0.15, -0.1) is 0 Å². The Kier molecular flexibility index (Phi) is 5.88. The predicted molar refractivity (Wildman–Crippen MR) is 50.3 cm³/mol. The van der Waals surface area contributed by atoms with Crippen LogP contribution in [-0.2, 0) is 19.1 Å². The van der Waals surface area contributed by atoms with E-state index >= 15 is 0 Å². The summed E-state index contributed by atoms with van der Waals surface area (Å²) in [7, 11) is 1.14. The van der Waals surface area contributed by atoms with Crippen LogP contribution in [0.3, 0.4) is 0 Å². The third kappa shape index (κ3) is 3.85. The molecule has 1 unspecified atom stereocenters. The third-order valence-corrected chi connectivity index (χ3v) is 2.09. The molecule has 2 N–H and O–H groups in total. The Bertz CT molecular complexity index is 227. The summed E-state index contributed by atoms with van der Waals surface area (Å²) in [6.07, 6.45) is 0.00894. The van der Waals surface area contributed by atoms with E-state index in [1.54, 1.807) is 0 Å². The molecule has 15 heavy (non-hydrogen) atoms. The van der Waals surface area contributed by atoms with E-state index in [4.69, 9.17) is 14.9 Å². The molecule has 0 aliphatic carbocycles. The van der Waals surface area contributed by atoms with Gasteiger partial charge in [0.25, 0.3) is 0 Å². The summed E-state index contributed by atoms with van der Waals surface area (Å²) >= 11 is 0. The van der Waals surface area contributed by atoms with Crippen LogP contribution in [0.1, 0.15) is 13.3 Å². The Morgan fingerprint density at radius 2 is 1.93 bits per heavy atom. The number of aliphatic hydroxyl groups excluding tert-OH is 1. The standard InChI is InChI=1S/C9H16O6/c1-9(7(11)12,8(13)14-2)3-5-15-6-4-10/h10H,3-6H2,1-2H3,(H,11,12). The summed E-state index contributed by atoms with van der Waals surface area (Å²) in [6, 6.07) is 0. The fourth-order valence-electron chi connectivity index (χ4n) is 0.964. The summed E-state index contributed by atoms with van der Waals surface area (Å²) in [5.41, 5.74) is -1.59. The molecular formula is C9H16O6. The van der Waals surface area contributed by atoms with Gasteiger partial charge in [0.15, 0.2) is 5.41 Å². The highest BCUT2D eigenvalue weighted by Gasteiger charge is 2.42. The number of esters is 1. The largest absolute Gasteiger partial charge is 0.480 e. The summed E-state index contributed by atoms with van der Waals surface area (Å²) in [5, 5.41) is 17.3. The van der Waals surface area contributed by atoms with Crippen molar-refractivity contribution in [1.29, 1.82) is 0 Å². The van der Waals surface area contributed by atoms with Gasteiger partial charge in [0.1, 0.15) is 0 Å². The fraction of sp³-hybridized carbons (Fsp3) is 0.778. The molecule has 0 aliphatic rings. The fourth-order valence-corrected chi connectivity index (χ4v) is 0.964. The maximum atomic E-state index is 11.2. The Hall–Kier alpha value is -1.14. The molecule has 0 spiro atoms. The van der Waals surface area contributed by atoms with Crippen molar-refractivity contribution in [2.45, 2.75) is 13.3 Å². The number of carbonyl (C=O) groups is 2. The minimum Gasteiger partial charge on any atom is -0.480 e. The third-order valence-electron chi connectivity index (χ3n) is 2.09. The average molecular weight is 220 g/mol. The van der Waals surface area contributed by atoms with Crippen LogP contribution in [0.5, 0.6) is 0 Å². The van der Waals surface area contributed by atoms with Gasteiger partial charge in [0, 0.05) is 6.61 Å². The molecule has 0 rings (SSSR count). The molecule has 0 fully saturated rings. The highest BCUT2D eigenvalue weighted by molar-refractivity contribution is 5.98. The minimum atomic E-state index is -1.59. The minimum absolute atomic E-state index is 0.00894. The lowest BCUT2D eigenvalue weighted by Gasteiger charge is -2.21. The topological polar surface area (TPSA) is 93.1 Å². The first-order valence-corrected chi connectivity index (χ1v) is 4.49. The molecular weight excluding hydrogens is 204 g/mol. The quantitative estimate of drug-likeness (QED) is 0.346. The maximum absolute atomic E-state index is 11.2. The molecule has 6 heteroatoms. The number of carbonyl (C=O) groups excluding carboxylic acids is 1. The second-order valence-corrected chi connectivity index (χ2v) is 3.21. The SMILES string of the molecule is COC(=O)C(C)(CCOCCO)C(=O)O. The molecule has 0 bridgehead atoms. The molecule has 1 atom stereocenters. The van der Waals surface area contributed by atoms with Gasteiger partial charge >= 0.3 is 11.9 Å². The lowest BCUT2D eigenvalue weighted by Crippen LogP contribution is -2.38. The van der Waals surface area contributed by atoms with E-state index in [0.29, 0.717) is 0 Å². The number of methoxy groups -OCH3 is 1. The van der Waals surface area contributed by atoms with Gasteiger partial charge < -0.3 is 19.7 Å². The van der Waals surface area contributed by atoms with Gasteiger partial charge in [-0.25, -0.2) is 0 Å². The van der Waals surface area contributed by atoms with Gasteiger partial charge in [0.2, 0.25) is 0 Å². The lowest BCUT2D eigenvalue weighted by molar-refractivity contribution is -0.167. The number of ether oxygens (including phenoxy) is 2. The highest BCUT2D eigenvalue weighted by Crippen LogP contribution is 2.23. The normalized spacial score (nSPS) is 14.3. The first kappa shape index (κ1) is 13.9. The van der Waals surface area contributed by atoms with E-state index in [1.807, 2.05) is 0 Å². The van der Waals surface area contributed by atoms with Crippen molar-refractivity contribution in [3.63, 3.8) is 0 Å². The number of aliphatic carboxylic acids is 1. The number of hydrogen-bond donors (Lipinski definition) is 2. The smallest absolute Gasteiger partial charge is 0.323 e. The summed E-state index contributed by atoms with van der Waals surface area (Å²) in [6.45, 7) is 1.35. The number of carboxylic acids is 1. The zero-order chi connectivity index (χ0) is 11.9. The zero-order valence-corrected chi connectivity index (χ0v) is 8.86. The number of rotatable bonds is 7. The molecule has 0 aromatic carbocycles. The van der Waals surface area contributed by atoms with Crippen LogP contribution in [0.2, 0.25) is 0 Å². The molecule has 88 valence electrons. The van der Waals surface area contributed by atoms with Crippen molar-refractivity contribution in [1.82, 2.24) is 0 Å². The Balaban J connectivity index is 4.27.